The van der Waals surface area contributed by atoms with Crippen LogP contribution in [0.3, 0.4) is 0 Å². The molecule has 0 unspecified atom stereocenters. The molecule has 0 fully saturated rings. The number of thiol groups is 1. The van der Waals surface area contributed by atoms with Crippen molar-refractivity contribution < 1.29 is 57.8 Å². The van der Waals surface area contributed by atoms with E-state index in [4.69, 9.17) is 22.9 Å². The second-order valence-corrected chi connectivity index (χ2v) is 16.8. The van der Waals surface area contributed by atoms with Crippen LogP contribution in [0.25, 0.3) is 0 Å². The molecule has 0 aliphatic heterocycles. The summed E-state index contributed by atoms with van der Waals surface area (Å²) in [6.45, 7) is 3.09. The van der Waals surface area contributed by atoms with E-state index in [9.17, 15) is 57.8 Å². The van der Waals surface area contributed by atoms with Crippen molar-refractivity contribution in [1.82, 2.24) is 37.2 Å². The number of unbranched alkanes of at least 4 members (excludes halogenated alkanes) is 1. The number of anilines is 1. The number of hydrogen-bond donors (Lipinski definition) is 14. The maximum absolute atomic E-state index is 13.7. The number of carbonyl (C=O) groups excluding carboxylic acids is 10. The minimum absolute atomic E-state index is 0.0116. The van der Waals surface area contributed by atoms with Gasteiger partial charge >= 0.3 is 5.97 Å². The van der Waals surface area contributed by atoms with Crippen molar-refractivity contribution in [3.63, 3.8) is 0 Å². The Bertz CT molecular complexity index is 2340. The number of nitrogens with zero attached hydrogens (tertiary/aromatic N) is 1. The van der Waals surface area contributed by atoms with Crippen LogP contribution in [0.4, 0.5) is 5.69 Å². The van der Waals surface area contributed by atoms with E-state index in [1.807, 2.05) is 0 Å². The number of rotatable bonds is 30. The molecule has 1 aliphatic rings. The number of amides is 8. The van der Waals surface area contributed by atoms with Crippen molar-refractivity contribution >= 4 is 89.1 Å². The quantitative estimate of drug-likeness (QED) is 0.0135. The van der Waals surface area contributed by atoms with Gasteiger partial charge in [-0.25, -0.2) is 0 Å². The molecule has 386 valence electrons. The van der Waals surface area contributed by atoms with Crippen LogP contribution in [-0.4, -0.2) is 144 Å². The number of benzene rings is 2. The van der Waals surface area contributed by atoms with Gasteiger partial charge in [-0.2, -0.15) is 12.6 Å². The summed E-state index contributed by atoms with van der Waals surface area (Å²) >= 11 is 4.20. The summed E-state index contributed by atoms with van der Waals surface area (Å²) in [5.74, 6) is -9.22. The van der Waals surface area contributed by atoms with Gasteiger partial charge < -0.3 is 70.6 Å². The van der Waals surface area contributed by atoms with Crippen LogP contribution < -0.4 is 65.5 Å². The van der Waals surface area contributed by atoms with Gasteiger partial charge in [-0.15, -0.1) is 0 Å². The molecule has 1 aliphatic carbocycles. The van der Waals surface area contributed by atoms with Crippen LogP contribution in [0.1, 0.15) is 97.1 Å². The molecule has 0 aromatic heterocycles. The minimum Gasteiger partial charge on any atom is -0.480 e. The number of primary amides is 1. The zero-order valence-electron chi connectivity index (χ0n) is 39.3. The highest BCUT2D eigenvalue weighted by atomic mass is 32.1. The summed E-state index contributed by atoms with van der Waals surface area (Å²) in [5.41, 5.74) is 23.3. The Morgan fingerprint density at radius 3 is 1.77 bits per heavy atom. The number of carbonyl (C=O) groups is 11. The highest BCUT2D eigenvalue weighted by Crippen LogP contribution is 2.31. The van der Waals surface area contributed by atoms with Crippen molar-refractivity contribution in [1.29, 1.82) is 0 Å². The fourth-order valence-corrected chi connectivity index (χ4v) is 7.27. The summed E-state index contributed by atoms with van der Waals surface area (Å²) in [4.78, 5) is 146. The fraction of sp³-hybridized carbons (Fsp3) is 0.467. The molecule has 2 aromatic rings. The van der Waals surface area contributed by atoms with Gasteiger partial charge in [0.15, 0.2) is 17.5 Å². The average molecular weight is 1010 g/mol. The number of fused-ring (bicyclic) bond motifs is 2. The normalized spacial score (nSPS) is 14.0. The first-order chi connectivity index (χ1) is 33.7. The molecule has 6 atom stereocenters. The molecule has 17 N–H and O–H groups in total. The Kier molecular flexibility index (Phi) is 23.4. The summed E-state index contributed by atoms with van der Waals surface area (Å²) in [7, 11) is 0. The third-order valence-electron chi connectivity index (χ3n) is 10.8. The first-order valence-electron chi connectivity index (χ1n) is 22.7. The molecule has 8 amide bonds. The lowest BCUT2D eigenvalue weighted by atomic mass is 9.83. The highest BCUT2D eigenvalue weighted by Gasteiger charge is 2.34. The predicted octanol–water partition coefficient (Wildman–Crippen LogP) is -3.21. The third-order valence-corrected chi connectivity index (χ3v) is 11.2. The third kappa shape index (κ3) is 18.3. The molecule has 0 saturated carbocycles. The standard InChI is InChI=1S/C45H63N13O12S/c1-23(53-35(61)16-15-34(60)51-20-19-50-28-13-7-11-27-36(28)38(63)26-10-4-3-9-25(26)37(27)62)39(64)55-29(12-5-6-17-46)41(66)58-32(22-71)43(68)56-30(14-8-18-52-45(48)49)40(65)57-31(21-33(47)59)42(67)54-24(2)44(69)70/h3-4,7,9-11,13,23-24,29-32,50,71H,5-6,8,12,14-22,46H2,1-2H3,(H2,47,59)(H,51,60)(H,53,61)(H,54,67)(H,55,64)(H,56,68)(H,57,65)(H,58,66)(H,69,70)(H4,48,49,52)/t23-,24-,29-,30-,31-,32-/m0/s1. The molecule has 25 nitrogen and oxygen atoms in total. The number of hydrogen-bond acceptors (Lipinski definition) is 15. The summed E-state index contributed by atoms with van der Waals surface area (Å²) in [6.07, 6.45) is -0.412. The Morgan fingerprint density at radius 2 is 1.17 bits per heavy atom. The maximum atomic E-state index is 13.7. The smallest absolute Gasteiger partial charge is 0.325 e. The molecule has 0 saturated heterocycles. The second kappa shape index (κ2) is 28.8. The van der Waals surface area contributed by atoms with E-state index >= 15 is 0 Å². The zero-order chi connectivity index (χ0) is 52.8. The van der Waals surface area contributed by atoms with Gasteiger partial charge in [0, 0.05) is 60.6 Å². The van der Waals surface area contributed by atoms with Gasteiger partial charge in [0.25, 0.3) is 0 Å². The Morgan fingerprint density at radius 1 is 0.620 bits per heavy atom. The molecule has 3 rings (SSSR count). The number of nitrogens with one attached hydrogen (secondary N) is 8. The molecule has 26 heteroatoms. The van der Waals surface area contributed by atoms with Crippen LogP contribution in [0, 0.1) is 0 Å². The maximum Gasteiger partial charge on any atom is 0.325 e. The largest absolute Gasteiger partial charge is 0.480 e. The van der Waals surface area contributed by atoms with E-state index in [0.717, 1.165) is 6.92 Å². The van der Waals surface area contributed by atoms with Gasteiger partial charge in [-0.1, -0.05) is 36.4 Å². The van der Waals surface area contributed by atoms with E-state index < -0.39 is 95.9 Å². The van der Waals surface area contributed by atoms with E-state index in [1.54, 1.807) is 42.5 Å². The van der Waals surface area contributed by atoms with Crippen LogP contribution in [0.2, 0.25) is 0 Å². The summed E-state index contributed by atoms with van der Waals surface area (Å²) in [5, 5.41) is 29.4. The van der Waals surface area contributed by atoms with E-state index in [2.05, 4.69) is 60.2 Å². The number of nitrogens with two attached hydrogens (primary N) is 4. The highest BCUT2D eigenvalue weighted by molar-refractivity contribution is 7.80. The van der Waals surface area contributed by atoms with Crippen LogP contribution in [0.5, 0.6) is 0 Å². The number of guanidine groups is 1. The molecule has 0 bridgehead atoms. The number of carboxylic acid groups (broad SMARTS) is 1. The zero-order valence-corrected chi connectivity index (χ0v) is 40.2. The Labute approximate surface area is 414 Å². The van der Waals surface area contributed by atoms with E-state index in [-0.39, 0.29) is 92.7 Å². The Balaban J connectivity index is 1.57. The number of carboxylic acids is 1. The predicted molar refractivity (Wildman–Crippen MR) is 262 cm³/mol. The van der Waals surface area contributed by atoms with Gasteiger partial charge in [-0.3, -0.25) is 57.7 Å². The molecule has 0 radical (unpaired) electrons. The molecule has 71 heavy (non-hydrogen) atoms. The average Bonchev–Trinajstić information content (AvgIpc) is 3.32. The number of ketones is 2. The SMILES string of the molecule is C[C@H](NC(=O)[C@H](CC(N)=O)NC(=O)[C@H](CCCN=C(N)N)NC(=O)[C@H](CS)NC(=O)[C@H](CCCCN)NC(=O)[C@H](C)NC(=O)CCC(=O)NCCNc1cccc2c1C(=O)c1ccccc1C2=O)C(=O)O. The molecular weight excluding hydrogens is 947 g/mol. The van der Waals surface area contributed by atoms with Crippen molar-refractivity contribution in [2.24, 2.45) is 27.9 Å². The lowest BCUT2D eigenvalue weighted by Gasteiger charge is -2.26. The fourth-order valence-electron chi connectivity index (χ4n) is 7.01. The summed E-state index contributed by atoms with van der Waals surface area (Å²) < 4.78 is 0. The van der Waals surface area contributed by atoms with Gasteiger partial charge in [-0.05, 0) is 58.6 Å². The van der Waals surface area contributed by atoms with Gasteiger partial charge in [0.1, 0.15) is 36.3 Å². The van der Waals surface area contributed by atoms with E-state index in [1.165, 1.54) is 6.92 Å². The lowest BCUT2D eigenvalue weighted by molar-refractivity contribution is -0.142. The molecule has 2 aromatic carbocycles. The van der Waals surface area contributed by atoms with Crippen molar-refractivity contribution in [3.05, 3.63) is 64.7 Å². The number of aliphatic carboxylic acids is 1. The lowest BCUT2D eigenvalue weighted by Crippen LogP contribution is -2.60. The minimum atomic E-state index is -1.64. The first kappa shape index (κ1) is 57.7. The van der Waals surface area contributed by atoms with Gasteiger partial charge in [0.2, 0.25) is 47.3 Å². The first-order valence-corrected chi connectivity index (χ1v) is 23.3. The van der Waals surface area contributed by atoms with Crippen LogP contribution >= 0.6 is 12.6 Å². The topological polar surface area (TPSA) is 421 Å². The second-order valence-electron chi connectivity index (χ2n) is 16.4. The van der Waals surface area contributed by atoms with Crippen molar-refractivity contribution in [2.75, 3.05) is 37.2 Å². The van der Waals surface area contributed by atoms with Crippen molar-refractivity contribution in [3.8, 4) is 0 Å². The van der Waals surface area contributed by atoms with Gasteiger partial charge in [0.05, 0.1) is 12.0 Å². The monoisotopic (exact) mass is 1010 g/mol. The number of aliphatic imine (C=N–C) groups is 1. The van der Waals surface area contributed by atoms with Crippen molar-refractivity contribution in [2.45, 2.75) is 101 Å². The molecule has 0 spiro atoms. The molecular formula is C45H63N13O12S. The molecule has 0 heterocycles. The van der Waals surface area contributed by atoms with Crippen LogP contribution in [0.15, 0.2) is 47.5 Å². The van der Waals surface area contributed by atoms with E-state index in [0.29, 0.717) is 29.7 Å². The summed E-state index contributed by atoms with van der Waals surface area (Å²) in [6, 6.07) is 3.12. The Hall–Kier alpha value is -7.61. The van der Waals surface area contributed by atoms with Crippen LogP contribution in [-0.2, 0) is 43.2 Å².